The van der Waals surface area contributed by atoms with Gasteiger partial charge in [0.15, 0.2) is 5.75 Å². The quantitative estimate of drug-likeness (QED) is 0.0146. The van der Waals surface area contributed by atoms with Crippen molar-refractivity contribution < 1.29 is 82.3 Å². The number of piperazine rings is 1. The number of rotatable bonds is 8. The van der Waals surface area contributed by atoms with E-state index >= 15 is 4.39 Å². The Morgan fingerprint density at radius 1 is 0.959 bits per heavy atom. The van der Waals surface area contributed by atoms with Gasteiger partial charge in [-0.25, -0.2) is 19.4 Å². The molecule has 522 valence electrons. The molecule has 2 amide bonds. The Hall–Kier alpha value is -8.77. The number of allylic oxidation sites excluding steroid dienone is 2. The Morgan fingerprint density at radius 2 is 1.62 bits per heavy atom. The summed E-state index contributed by atoms with van der Waals surface area (Å²) < 4.78 is 53.8. The van der Waals surface area contributed by atoms with Crippen LogP contribution in [0, 0.1) is 41.8 Å². The maximum Gasteiger partial charge on any atom is 0.341 e. The van der Waals surface area contributed by atoms with Crippen LogP contribution in [0.1, 0.15) is 116 Å². The molecule has 7 aliphatic rings. The van der Waals surface area contributed by atoms with Crippen LogP contribution >= 0.6 is 11.6 Å². The van der Waals surface area contributed by atoms with E-state index in [0.717, 1.165) is 38.2 Å². The summed E-state index contributed by atoms with van der Waals surface area (Å²) >= 11 is 6.56. The minimum atomic E-state index is -2.04. The minimum absolute atomic E-state index is 0.00645. The lowest BCUT2D eigenvalue weighted by Crippen LogP contribution is -2.46. The number of aliphatic hydroxyl groups excluding tert-OH is 2. The summed E-state index contributed by atoms with van der Waals surface area (Å²) in [7, 11) is 3.42. The first-order valence-corrected chi connectivity index (χ1v) is 32.1. The monoisotopic (exact) mass is 1370 g/mol. The number of fused-ring (bicyclic) bond motifs is 15. The molecule has 5 aromatic rings. The average Bonchev–Trinajstić information content (AvgIpc) is 1.66. The van der Waals surface area contributed by atoms with Gasteiger partial charge in [-0.05, 0) is 58.0 Å². The highest BCUT2D eigenvalue weighted by molar-refractivity contribution is 6.38. The predicted molar refractivity (Wildman–Crippen MR) is 357 cm³/mol. The van der Waals surface area contributed by atoms with Crippen molar-refractivity contribution in [1.29, 1.82) is 0 Å². The summed E-state index contributed by atoms with van der Waals surface area (Å²) in [6.45, 7) is 16.1. The topological polar surface area (TPSA) is 377 Å². The number of hydrogen-bond acceptors (Lipinski definition) is 22. The molecule has 26 nitrogen and oxygen atoms in total. The molecule has 0 unspecified atom stereocenters. The van der Waals surface area contributed by atoms with Gasteiger partial charge in [0.2, 0.25) is 5.43 Å². The van der Waals surface area contributed by atoms with E-state index in [-0.39, 0.29) is 89.9 Å². The zero-order valence-corrected chi connectivity index (χ0v) is 56.1. The molecule has 2 aliphatic carbocycles. The van der Waals surface area contributed by atoms with Gasteiger partial charge >= 0.3 is 17.7 Å². The van der Waals surface area contributed by atoms with Gasteiger partial charge < -0.3 is 75.0 Å². The Bertz CT molecular complexity index is 4090. The Kier molecular flexibility index (Phi) is 21.8. The number of Topliss-reactive ketones (excluding diaryl/α,β-unsaturated/α-hetero) is 1. The van der Waals surface area contributed by atoms with Gasteiger partial charge in [-0.3, -0.25) is 39.4 Å². The van der Waals surface area contributed by atoms with Crippen molar-refractivity contribution in [2.24, 2.45) is 45.8 Å². The summed E-state index contributed by atoms with van der Waals surface area (Å²) in [5.74, 6) is -5.92. The lowest BCUT2D eigenvalue weighted by atomic mass is 9.78. The summed E-state index contributed by atoms with van der Waals surface area (Å²) in [6.07, 6.45) is 10.0. The molecule has 2 saturated heterocycles. The number of alkyl halides is 1. The standard InChI is InChI=1S/C43H58N4O12.C19H18ClF2N3O3.C6H7N3O/c1-21-12-11-13-22(2)42(55)45-33-28(20-44-47-17-15-46(9)16-18-47)37(52)30-31(38(33)53)36(51)26(6)40-32(30)41(54)43(8,59-40)57-19-14-29(56-10)23(3)39(58-27(7)48)25(5)35(50)24(4)34(21)49;20-14-15-8(17(26)9(18(27)28)5-25(15)12-4-10(12)21)3-11(22)16(14)24-6-13(23)19(7-24)1-2-19;7-9-6(10)5-1-3-8-4-2-5/h11-14,19-21,23-25,29,34-35,39,49-53H,15-18H2,1-10H3,(H,45,55);3,5,10,12-13H,1-2,4,6-7,23H2,(H,27,28);1-4H,7H2,(H,9,10)/b12-11+,19-14+,22-13-,44-20+;;/t21-,23+,24+,25+,29-,34-,35+,39+,43-;10-,12+,13+;/m00./s1. The smallest absolute Gasteiger partial charge is 0.341 e. The van der Waals surface area contributed by atoms with E-state index in [2.05, 4.69) is 20.3 Å². The average molecular weight is 1370 g/mol. The molecule has 2 aromatic heterocycles. The molecule has 0 radical (unpaired) electrons. The normalized spacial score (nSPS) is 28.4. The number of aromatic nitrogens is 2. The van der Waals surface area contributed by atoms with Crippen molar-refractivity contribution in [3.05, 3.63) is 122 Å². The number of hydrogen-bond donors (Lipinski definition) is 10. The van der Waals surface area contributed by atoms with E-state index in [4.69, 9.17) is 42.1 Å². The van der Waals surface area contributed by atoms with Crippen LogP contribution in [0.15, 0.2) is 82.8 Å². The number of nitrogens with two attached hydrogens (primary N) is 2. The van der Waals surface area contributed by atoms with Crippen LogP contribution < -0.4 is 37.4 Å². The van der Waals surface area contributed by atoms with Crippen LogP contribution in [0.5, 0.6) is 23.0 Å². The summed E-state index contributed by atoms with van der Waals surface area (Å²) in [5.41, 5.74) is 7.32. The molecule has 12 rings (SSSR count). The van der Waals surface area contributed by atoms with E-state index in [0.29, 0.717) is 31.7 Å². The molecule has 3 aromatic carbocycles. The summed E-state index contributed by atoms with van der Waals surface area (Å²) in [6, 6.07) is 3.48. The third kappa shape index (κ3) is 14.6. The maximum absolute atomic E-state index is 15.0. The summed E-state index contributed by atoms with van der Waals surface area (Å²) in [5, 5.41) is 76.0. The number of nitrogens with zero attached hydrogens (tertiary/aromatic N) is 6. The number of phenols is 3. The highest BCUT2D eigenvalue weighted by Gasteiger charge is 2.55. The number of benzene rings is 3. The van der Waals surface area contributed by atoms with Crippen LogP contribution in [0.4, 0.5) is 20.2 Å². The van der Waals surface area contributed by atoms with Gasteiger partial charge in [-0.1, -0.05) is 57.5 Å². The number of hydrazone groups is 1. The van der Waals surface area contributed by atoms with Crippen molar-refractivity contribution in [3.8, 4) is 23.0 Å². The second kappa shape index (κ2) is 29.1. The zero-order chi connectivity index (χ0) is 71.0. The number of hydrazine groups is 1. The molecule has 12 atom stereocenters. The van der Waals surface area contributed by atoms with Gasteiger partial charge in [0, 0.05) is 142 Å². The number of ether oxygens (including phenoxy) is 4. The zero-order valence-electron chi connectivity index (χ0n) is 55.4. The fraction of sp³-hybridized carbons (Fsp3) is 0.471. The lowest BCUT2D eigenvalue weighted by Gasteiger charge is -2.38. The third-order valence-corrected chi connectivity index (χ3v) is 19.7. The van der Waals surface area contributed by atoms with Crippen LogP contribution in [0.2, 0.25) is 5.02 Å². The van der Waals surface area contributed by atoms with E-state index in [1.807, 2.05) is 12.5 Å². The number of anilines is 2. The number of nitrogens with one attached hydrogen (secondary N) is 2. The second-order valence-corrected chi connectivity index (χ2v) is 26.4. The van der Waals surface area contributed by atoms with E-state index in [9.17, 15) is 63.8 Å². The highest BCUT2D eigenvalue weighted by atomic mass is 35.5. The van der Waals surface area contributed by atoms with Gasteiger partial charge in [0.05, 0.1) is 80.6 Å². The number of esters is 1. The largest absolute Gasteiger partial charge is 0.507 e. The van der Waals surface area contributed by atoms with Crippen molar-refractivity contribution in [2.45, 2.75) is 123 Å². The Morgan fingerprint density at radius 3 is 2.21 bits per heavy atom. The van der Waals surface area contributed by atoms with E-state index in [1.165, 1.54) is 76.4 Å². The molecule has 5 aliphatic heterocycles. The van der Waals surface area contributed by atoms with Crippen molar-refractivity contribution in [1.82, 2.24) is 24.9 Å². The first kappa shape index (κ1) is 72.5. The number of methoxy groups -OCH3 is 1. The molecule has 29 heteroatoms. The number of aromatic carboxylic acids is 1. The van der Waals surface area contributed by atoms with Crippen LogP contribution in [-0.2, 0) is 23.8 Å². The van der Waals surface area contributed by atoms with E-state index < -0.39 is 124 Å². The fourth-order valence-electron chi connectivity index (χ4n) is 12.9. The predicted octanol–water partition coefficient (Wildman–Crippen LogP) is 6.72. The molecular weight excluding hydrogens is 1290 g/mol. The van der Waals surface area contributed by atoms with Crippen molar-refractivity contribution >= 4 is 80.4 Å². The SMILES string of the molecule is CO[C@H]1/C=C/O[C@@]2(C)Oc3c(C)c(O)c4c(O)c(c(/C=N/N5CCN(C)CC5)c(O)c4c3C2=O)NC(=O)/C(C)=C\C=C\[C@H](C)[C@H](O)[C@@H](C)[C@@H](O)[C@@H](C)[C@H](OC(C)=O)[C@@H]1C.NNC(=O)c1ccncc1.N[C@@H]1CN(c2c(F)cc3c(=O)c(C(=O)O)cn([C@@H]4C[C@@H]4F)c3c2Cl)CC12CC2. The number of phenolic OH excluding ortho intramolecular Hbond substituents is 3. The van der Waals surface area contributed by atoms with Gasteiger partial charge in [0.1, 0.15) is 40.9 Å². The number of carbonyl (C=O) groups excluding carboxylic acids is 4. The van der Waals surface area contributed by atoms with Crippen molar-refractivity contribution in [2.75, 3.05) is 63.6 Å². The molecule has 12 N–H and O–H groups in total. The van der Waals surface area contributed by atoms with Gasteiger partial charge in [-0.15, -0.1) is 0 Å². The molecule has 7 heterocycles. The highest BCUT2D eigenvalue weighted by Crippen LogP contribution is 2.56. The molecular formula is C68H83ClF2N10O16. The third-order valence-electron chi connectivity index (χ3n) is 19.3. The molecule has 97 heavy (non-hydrogen) atoms. The number of pyridine rings is 2. The molecule has 2 saturated carbocycles. The Labute approximate surface area is 562 Å². The number of aliphatic hydroxyl groups is 2. The van der Waals surface area contributed by atoms with Crippen LogP contribution in [0.25, 0.3) is 21.7 Å². The number of aromatic hydroxyl groups is 3. The van der Waals surface area contributed by atoms with Crippen LogP contribution in [-0.4, -0.2) is 182 Å². The minimum Gasteiger partial charge on any atom is -0.507 e. The number of carbonyl (C=O) groups is 5. The first-order valence-electron chi connectivity index (χ1n) is 31.7. The first-order chi connectivity index (χ1) is 45.8. The molecule has 5 bridgehead atoms. The summed E-state index contributed by atoms with van der Waals surface area (Å²) in [4.78, 5) is 83.0. The van der Waals surface area contributed by atoms with Gasteiger partial charge in [0.25, 0.3) is 17.6 Å². The van der Waals surface area contributed by atoms with Crippen LogP contribution in [0.3, 0.4) is 0 Å². The lowest BCUT2D eigenvalue weighted by molar-refractivity contribution is -0.160. The fourth-order valence-corrected chi connectivity index (χ4v) is 13.3. The number of ketones is 1. The van der Waals surface area contributed by atoms with E-state index in [1.54, 1.807) is 61.9 Å². The number of carboxylic acid groups (broad SMARTS) is 1. The van der Waals surface area contributed by atoms with Crippen molar-refractivity contribution in [3.63, 3.8) is 0 Å². The molecule has 1 spiro atoms. The number of halogens is 3. The number of carboxylic acids is 1. The van der Waals surface area contributed by atoms with Gasteiger partial charge in [-0.2, -0.15) is 5.10 Å². The number of nitrogen functional groups attached to an aromatic ring is 1. The molecule has 4 fully saturated rings. The number of amides is 2. The number of likely N-dealkylation sites (N-methyl/N-ethyl adjacent to an activating group) is 1. The maximum atomic E-state index is 15.0. The Balaban J connectivity index is 0.000000235. The second-order valence-electron chi connectivity index (χ2n) is 26.0.